The molecule has 34 heavy (non-hydrogen) atoms. The summed E-state index contributed by atoms with van der Waals surface area (Å²) >= 11 is 3.19. The molecule has 2 aliphatic heterocycles. The van der Waals surface area contributed by atoms with Crippen LogP contribution >= 0.6 is 23.1 Å². The highest BCUT2D eigenvalue weighted by Crippen LogP contribution is 2.64. The number of rotatable bonds is 5. The van der Waals surface area contributed by atoms with Crippen molar-refractivity contribution in [2.24, 2.45) is 17.8 Å². The molecular formula is C25H30N2O5S2. The monoisotopic (exact) mass is 502 g/mol. The predicted octanol–water partition coefficient (Wildman–Crippen LogP) is 3.44. The van der Waals surface area contributed by atoms with Crippen LogP contribution < -0.4 is 14.3 Å². The Balaban J connectivity index is 1.41. The summed E-state index contributed by atoms with van der Waals surface area (Å²) in [5.74, 6) is 3.47. The first kappa shape index (κ1) is 22.5. The molecule has 1 saturated heterocycles. The van der Waals surface area contributed by atoms with Gasteiger partial charge in [0.2, 0.25) is 5.91 Å². The molecule has 2 saturated carbocycles. The number of carbonyl (C=O) groups is 1. The molecule has 9 heteroatoms. The van der Waals surface area contributed by atoms with E-state index < -0.39 is 0 Å². The molecule has 7 nitrogen and oxygen atoms in total. The van der Waals surface area contributed by atoms with Crippen LogP contribution in [0.3, 0.4) is 0 Å². The maximum atomic E-state index is 13.3. The lowest BCUT2D eigenvalue weighted by atomic mass is 9.75. The first-order valence-electron chi connectivity index (χ1n) is 12.1. The summed E-state index contributed by atoms with van der Waals surface area (Å²) in [6, 6.07) is 6.18. The number of aromatic nitrogens is 1. The van der Waals surface area contributed by atoms with Crippen LogP contribution in [0.1, 0.15) is 35.6 Å². The van der Waals surface area contributed by atoms with E-state index in [2.05, 4.69) is 12.1 Å². The second-order valence-corrected chi connectivity index (χ2v) is 11.9. The second-order valence-electron chi connectivity index (χ2n) is 9.70. The molecule has 0 radical (unpaired) electrons. The van der Waals surface area contributed by atoms with E-state index in [0.29, 0.717) is 60.8 Å². The SMILES string of the molecule is COc1ccc([C@@H]2c3sc(=O)n(CC(=O)N4CCOCC4)c3SC3C4CCC(C4)C32)cc1OC. The summed E-state index contributed by atoms with van der Waals surface area (Å²) < 4.78 is 18.2. The Morgan fingerprint density at radius 2 is 1.88 bits per heavy atom. The van der Waals surface area contributed by atoms with Gasteiger partial charge in [-0.15, -0.1) is 11.8 Å². The zero-order valence-corrected chi connectivity index (χ0v) is 21.2. The third kappa shape index (κ3) is 3.58. The second kappa shape index (κ2) is 8.91. The fraction of sp³-hybridized carbons (Fsp3) is 0.600. The van der Waals surface area contributed by atoms with E-state index in [0.717, 1.165) is 9.90 Å². The van der Waals surface area contributed by atoms with Crippen LogP contribution in [0.4, 0.5) is 0 Å². The number of carbonyl (C=O) groups excluding carboxylic acids is 1. The number of fused-ring (bicyclic) bond motifs is 6. The zero-order chi connectivity index (χ0) is 23.4. The van der Waals surface area contributed by atoms with Crippen LogP contribution in [-0.2, 0) is 16.1 Å². The molecule has 1 amide bonds. The predicted molar refractivity (Wildman–Crippen MR) is 131 cm³/mol. The summed E-state index contributed by atoms with van der Waals surface area (Å²) in [7, 11) is 3.31. The van der Waals surface area contributed by atoms with Gasteiger partial charge in [-0.05, 0) is 54.7 Å². The minimum absolute atomic E-state index is 0.00401. The van der Waals surface area contributed by atoms with Gasteiger partial charge in [0.15, 0.2) is 11.5 Å². The van der Waals surface area contributed by atoms with E-state index in [1.165, 1.54) is 36.2 Å². The van der Waals surface area contributed by atoms with Crippen molar-refractivity contribution in [2.75, 3.05) is 40.5 Å². The Morgan fingerprint density at radius 1 is 1.12 bits per heavy atom. The highest BCUT2D eigenvalue weighted by molar-refractivity contribution is 8.00. The van der Waals surface area contributed by atoms with Gasteiger partial charge in [-0.2, -0.15) is 0 Å². The topological polar surface area (TPSA) is 70.0 Å². The number of morpholine rings is 1. The quantitative estimate of drug-likeness (QED) is 0.624. The van der Waals surface area contributed by atoms with Crippen LogP contribution in [0.15, 0.2) is 28.0 Å². The third-order valence-electron chi connectivity index (χ3n) is 8.11. The number of thiazole rings is 1. The van der Waals surface area contributed by atoms with Gasteiger partial charge in [-0.1, -0.05) is 17.4 Å². The smallest absolute Gasteiger partial charge is 0.308 e. The first-order chi connectivity index (χ1) is 16.6. The highest BCUT2D eigenvalue weighted by Gasteiger charge is 2.55. The lowest BCUT2D eigenvalue weighted by Crippen LogP contribution is -2.43. The standard InChI is InChI=1S/C25H30N2O5S2/c1-30-17-6-5-15(12-18(17)31-2)21-20-14-3-4-16(11-14)22(20)33-24-23(21)34-25(29)27(24)13-19(28)26-7-9-32-10-8-26/h5-6,12,14,16,20-22H,3-4,7-11,13H2,1-2H3/t14?,16?,20?,21-,22?/m0/s1. The lowest BCUT2D eigenvalue weighted by molar-refractivity contribution is -0.136. The van der Waals surface area contributed by atoms with Gasteiger partial charge in [-0.3, -0.25) is 14.2 Å². The Bertz CT molecular complexity index is 1150. The molecule has 3 fully saturated rings. The lowest BCUT2D eigenvalue weighted by Gasteiger charge is -2.40. The van der Waals surface area contributed by atoms with Crippen molar-refractivity contribution in [2.45, 2.75) is 42.0 Å². The van der Waals surface area contributed by atoms with E-state index >= 15 is 0 Å². The van der Waals surface area contributed by atoms with Crippen LogP contribution in [-0.4, -0.2) is 61.1 Å². The molecule has 0 spiro atoms. The highest BCUT2D eigenvalue weighted by atomic mass is 32.2. The zero-order valence-electron chi connectivity index (χ0n) is 19.5. The molecule has 3 heterocycles. The van der Waals surface area contributed by atoms with Gasteiger partial charge in [-0.25, -0.2) is 0 Å². The maximum absolute atomic E-state index is 13.3. The fourth-order valence-electron chi connectivity index (χ4n) is 6.55. The van der Waals surface area contributed by atoms with Crippen molar-refractivity contribution < 1.29 is 19.0 Å². The number of hydrogen-bond acceptors (Lipinski definition) is 7. The molecule has 4 aliphatic rings. The number of thioether (sulfide) groups is 1. The molecular weight excluding hydrogens is 472 g/mol. The van der Waals surface area contributed by atoms with Crippen molar-refractivity contribution in [3.63, 3.8) is 0 Å². The van der Waals surface area contributed by atoms with E-state index in [4.69, 9.17) is 14.2 Å². The summed E-state index contributed by atoms with van der Waals surface area (Å²) in [6.07, 6.45) is 3.82. The van der Waals surface area contributed by atoms with Gasteiger partial charge in [0.25, 0.3) is 0 Å². The van der Waals surface area contributed by atoms with Gasteiger partial charge in [0.05, 0.1) is 32.5 Å². The van der Waals surface area contributed by atoms with Crippen molar-refractivity contribution >= 4 is 29.0 Å². The molecule has 2 bridgehead atoms. The first-order valence-corrected chi connectivity index (χ1v) is 13.8. The average Bonchev–Trinajstić information content (AvgIpc) is 3.57. The Labute approximate surface area is 207 Å². The number of ether oxygens (including phenoxy) is 3. The van der Waals surface area contributed by atoms with Crippen LogP contribution in [0.2, 0.25) is 0 Å². The Kier molecular flexibility index (Phi) is 5.90. The van der Waals surface area contributed by atoms with Gasteiger partial charge >= 0.3 is 4.87 Å². The average molecular weight is 503 g/mol. The Morgan fingerprint density at radius 3 is 2.65 bits per heavy atom. The summed E-state index contributed by atoms with van der Waals surface area (Å²) in [6.45, 7) is 2.42. The molecule has 1 aromatic carbocycles. The van der Waals surface area contributed by atoms with E-state index in [9.17, 15) is 9.59 Å². The van der Waals surface area contributed by atoms with Gasteiger partial charge in [0, 0.05) is 29.1 Å². The van der Waals surface area contributed by atoms with E-state index in [1.807, 2.05) is 22.7 Å². The molecule has 4 unspecified atom stereocenters. The minimum atomic E-state index is -0.0306. The van der Waals surface area contributed by atoms with Gasteiger partial charge in [0.1, 0.15) is 6.54 Å². The third-order valence-corrected chi connectivity index (χ3v) is 10.9. The van der Waals surface area contributed by atoms with Crippen molar-refractivity contribution in [3.8, 4) is 11.5 Å². The molecule has 2 aromatic rings. The Hall–Kier alpha value is -1.97. The number of benzene rings is 1. The normalized spacial score (nSPS) is 29.6. The molecule has 5 atom stereocenters. The number of methoxy groups -OCH3 is 2. The molecule has 0 N–H and O–H groups in total. The van der Waals surface area contributed by atoms with Crippen molar-refractivity contribution in [1.29, 1.82) is 0 Å². The minimum Gasteiger partial charge on any atom is -0.493 e. The largest absolute Gasteiger partial charge is 0.493 e. The van der Waals surface area contributed by atoms with Crippen LogP contribution in [0.5, 0.6) is 11.5 Å². The summed E-state index contributed by atoms with van der Waals surface area (Å²) in [5, 5.41) is 1.49. The van der Waals surface area contributed by atoms with Gasteiger partial charge < -0.3 is 19.1 Å². The van der Waals surface area contributed by atoms with Crippen LogP contribution in [0, 0.1) is 17.8 Å². The summed E-state index contributed by atoms with van der Waals surface area (Å²) in [4.78, 5) is 29.2. The van der Waals surface area contributed by atoms with E-state index in [1.54, 1.807) is 18.8 Å². The van der Waals surface area contributed by atoms with Crippen molar-refractivity contribution in [3.05, 3.63) is 38.3 Å². The molecule has 182 valence electrons. The van der Waals surface area contributed by atoms with Crippen LogP contribution in [0.25, 0.3) is 0 Å². The molecule has 6 rings (SSSR count). The number of hydrogen-bond donors (Lipinski definition) is 0. The number of amides is 1. The van der Waals surface area contributed by atoms with E-state index in [-0.39, 0.29) is 23.2 Å². The molecule has 1 aromatic heterocycles. The summed E-state index contributed by atoms with van der Waals surface area (Å²) in [5.41, 5.74) is 1.18. The number of nitrogens with zero attached hydrogens (tertiary/aromatic N) is 2. The maximum Gasteiger partial charge on any atom is 0.308 e. The van der Waals surface area contributed by atoms with Crippen molar-refractivity contribution in [1.82, 2.24) is 9.47 Å². The molecule has 2 aliphatic carbocycles. The fourth-order valence-corrected chi connectivity index (χ4v) is 9.71.